The predicted molar refractivity (Wildman–Crippen MR) is 51.7 cm³/mol. The van der Waals surface area contributed by atoms with Crippen LogP contribution in [-0.2, 0) is 10.1 Å². The molecule has 0 aromatic carbocycles. The molecule has 0 fully saturated rings. The molecule has 0 unspecified atom stereocenters. The summed E-state index contributed by atoms with van der Waals surface area (Å²) in [6, 6.07) is 0. The Hall–Kier alpha value is 0.160. The third-order valence-corrected chi connectivity index (χ3v) is 2.49. The van der Waals surface area contributed by atoms with Crippen LogP contribution in [0.15, 0.2) is 0 Å². The molecule has 0 aromatic heterocycles. The highest BCUT2D eigenvalue weighted by atomic mass is 127. The standard InChI is InChI=1S/C8H15NO3S.HI/c1-4-6-9(2,3)7-5-8-13(10,11)12;/h1H,5-8H2,2-3H3;1H. The quantitative estimate of drug-likeness (QED) is 0.252. The third kappa shape index (κ3) is 10.2. The summed E-state index contributed by atoms with van der Waals surface area (Å²) in [5.74, 6) is 2.32. The summed E-state index contributed by atoms with van der Waals surface area (Å²) in [4.78, 5) is 0. The topological polar surface area (TPSA) is 54.4 Å². The van der Waals surface area contributed by atoms with Gasteiger partial charge in [0.05, 0.1) is 26.4 Å². The van der Waals surface area contributed by atoms with E-state index in [1.807, 2.05) is 14.1 Å². The molecule has 6 heteroatoms. The van der Waals surface area contributed by atoms with Gasteiger partial charge in [-0.2, -0.15) is 8.42 Å². The van der Waals surface area contributed by atoms with Crippen molar-refractivity contribution in [2.24, 2.45) is 0 Å². The van der Waals surface area contributed by atoms with Gasteiger partial charge < -0.3 is 28.5 Å². The van der Waals surface area contributed by atoms with Crippen LogP contribution in [0.25, 0.3) is 0 Å². The molecular formula is C8H16INO3S. The molecule has 0 saturated carbocycles. The Morgan fingerprint density at radius 2 is 1.93 bits per heavy atom. The molecular weight excluding hydrogens is 317 g/mol. The van der Waals surface area contributed by atoms with E-state index in [-0.39, 0.29) is 29.7 Å². The van der Waals surface area contributed by atoms with Gasteiger partial charge in [0.25, 0.3) is 10.1 Å². The molecule has 84 valence electrons. The van der Waals surface area contributed by atoms with E-state index in [2.05, 4.69) is 5.92 Å². The average Bonchev–Trinajstić information content (AvgIpc) is 1.82. The highest BCUT2D eigenvalue weighted by molar-refractivity contribution is 7.85. The van der Waals surface area contributed by atoms with Gasteiger partial charge in [-0.3, -0.25) is 4.55 Å². The van der Waals surface area contributed by atoms with Crippen LogP contribution in [0.1, 0.15) is 6.42 Å². The SMILES string of the molecule is C#CC[N+](C)(C)CCCS(=O)(=O)O.[I-]. The van der Waals surface area contributed by atoms with Crippen molar-refractivity contribution in [3.8, 4) is 12.3 Å². The second kappa shape index (κ2) is 6.61. The number of quaternary nitrogens is 1. The van der Waals surface area contributed by atoms with Crippen molar-refractivity contribution in [2.75, 3.05) is 32.9 Å². The van der Waals surface area contributed by atoms with Crippen LogP contribution < -0.4 is 24.0 Å². The van der Waals surface area contributed by atoms with E-state index in [9.17, 15) is 8.42 Å². The van der Waals surface area contributed by atoms with Crippen molar-refractivity contribution in [1.29, 1.82) is 0 Å². The van der Waals surface area contributed by atoms with Crippen molar-refractivity contribution >= 4 is 10.1 Å². The van der Waals surface area contributed by atoms with Crippen LogP contribution in [0.5, 0.6) is 0 Å². The zero-order chi connectivity index (χ0) is 10.5. The maximum absolute atomic E-state index is 10.4. The maximum Gasteiger partial charge on any atom is 0.265 e. The molecule has 1 N–H and O–H groups in total. The van der Waals surface area contributed by atoms with Crippen molar-refractivity contribution < 1.29 is 41.4 Å². The first kappa shape index (κ1) is 16.6. The fourth-order valence-electron chi connectivity index (χ4n) is 1.00. The lowest BCUT2D eigenvalue weighted by atomic mass is 10.4. The van der Waals surface area contributed by atoms with Gasteiger partial charge in [0.2, 0.25) is 0 Å². The van der Waals surface area contributed by atoms with Gasteiger partial charge in [0.15, 0.2) is 0 Å². The van der Waals surface area contributed by atoms with Crippen LogP contribution in [0, 0.1) is 12.3 Å². The summed E-state index contributed by atoms with van der Waals surface area (Å²) < 4.78 is 29.8. The molecule has 0 aliphatic heterocycles. The van der Waals surface area contributed by atoms with E-state index in [1.54, 1.807) is 0 Å². The minimum absolute atomic E-state index is 0. The first-order valence-electron chi connectivity index (χ1n) is 3.97. The van der Waals surface area contributed by atoms with E-state index >= 15 is 0 Å². The highest BCUT2D eigenvalue weighted by Crippen LogP contribution is 1.99. The molecule has 0 heterocycles. The Kier molecular flexibility index (Phi) is 7.83. The van der Waals surface area contributed by atoms with Crippen LogP contribution >= 0.6 is 0 Å². The minimum atomic E-state index is -3.82. The summed E-state index contributed by atoms with van der Waals surface area (Å²) in [7, 11) is 0.0178. The van der Waals surface area contributed by atoms with Gasteiger partial charge >= 0.3 is 0 Å². The molecule has 14 heavy (non-hydrogen) atoms. The fourth-order valence-corrected chi connectivity index (χ4v) is 1.50. The summed E-state index contributed by atoms with van der Waals surface area (Å²) in [6.45, 7) is 1.20. The fraction of sp³-hybridized carbons (Fsp3) is 0.750. The molecule has 0 saturated heterocycles. The maximum atomic E-state index is 10.4. The van der Waals surface area contributed by atoms with Gasteiger partial charge in [0, 0.05) is 6.42 Å². The number of rotatable bonds is 5. The van der Waals surface area contributed by atoms with E-state index in [0.29, 0.717) is 24.0 Å². The molecule has 0 aromatic rings. The van der Waals surface area contributed by atoms with Crippen LogP contribution in [0.2, 0.25) is 0 Å². The Bertz CT molecular complexity index is 292. The van der Waals surface area contributed by atoms with Crippen molar-refractivity contribution in [3.05, 3.63) is 0 Å². The normalized spacial score (nSPS) is 11.6. The molecule has 0 atom stereocenters. The van der Waals surface area contributed by atoms with E-state index in [4.69, 9.17) is 11.0 Å². The zero-order valence-corrected chi connectivity index (χ0v) is 11.4. The summed E-state index contributed by atoms with van der Waals surface area (Å²) in [5.41, 5.74) is 0. The first-order valence-corrected chi connectivity index (χ1v) is 5.58. The number of hydrogen-bond acceptors (Lipinski definition) is 2. The molecule has 0 aliphatic rings. The Balaban J connectivity index is 0. The second-order valence-electron chi connectivity index (χ2n) is 3.66. The monoisotopic (exact) mass is 333 g/mol. The average molecular weight is 333 g/mol. The lowest BCUT2D eigenvalue weighted by molar-refractivity contribution is -0.883. The van der Waals surface area contributed by atoms with Crippen molar-refractivity contribution in [3.63, 3.8) is 0 Å². The van der Waals surface area contributed by atoms with E-state index < -0.39 is 10.1 Å². The molecule has 0 spiro atoms. The van der Waals surface area contributed by atoms with Gasteiger partial charge in [-0.05, 0) is 5.92 Å². The molecule has 0 bridgehead atoms. The number of terminal acetylenes is 1. The van der Waals surface area contributed by atoms with Crippen LogP contribution in [0.4, 0.5) is 0 Å². The molecule has 0 rings (SSSR count). The highest BCUT2D eigenvalue weighted by Gasteiger charge is 2.14. The van der Waals surface area contributed by atoms with Gasteiger partial charge in [-0.1, -0.05) is 0 Å². The number of nitrogens with zero attached hydrogens (tertiary/aromatic N) is 1. The summed E-state index contributed by atoms with van der Waals surface area (Å²) >= 11 is 0. The molecule has 4 nitrogen and oxygen atoms in total. The van der Waals surface area contributed by atoms with Crippen molar-refractivity contribution in [2.45, 2.75) is 6.42 Å². The van der Waals surface area contributed by atoms with Gasteiger partial charge in [0.1, 0.15) is 6.54 Å². The lowest BCUT2D eigenvalue weighted by Crippen LogP contribution is -3.00. The summed E-state index contributed by atoms with van der Waals surface area (Å²) in [5, 5.41) is 0. The predicted octanol–water partition coefficient (Wildman–Crippen LogP) is -3.02. The van der Waals surface area contributed by atoms with Crippen LogP contribution in [-0.4, -0.2) is 50.4 Å². The minimum Gasteiger partial charge on any atom is -1.00 e. The number of halogens is 1. The lowest BCUT2D eigenvalue weighted by Gasteiger charge is -2.26. The molecule has 0 aliphatic carbocycles. The zero-order valence-electron chi connectivity index (χ0n) is 8.40. The van der Waals surface area contributed by atoms with Crippen molar-refractivity contribution in [1.82, 2.24) is 0 Å². The smallest absolute Gasteiger partial charge is 0.265 e. The largest absolute Gasteiger partial charge is 1.00 e. The van der Waals surface area contributed by atoms with Crippen LogP contribution in [0.3, 0.4) is 0 Å². The van der Waals surface area contributed by atoms with Gasteiger partial charge in [-0.15, -0.1) is 6.42 Å². The Morgan fingerprint density at radius 1 is 1.43 bits per heavy atom. The molecule has 0 amide bonds. The van der Waals surface area contributed by atoms with E-state index in [0.717, 1.165) is 0 Å². The second-order valence-corrected chi connectivity index (χ2v) is 5.23. The Morgan fingerprint density at radius 3 is 2.29 bits per heavy atom. The summed E-state index contributed by atoms with van der Waals surface area (Å²) in [6.07, 6.45) is 5.56. The first-order chi connectivity index (χ1) is 5.77. The number of hydrogen-bond donors (Lipinski definition) is 1. The van der Waals surface area contributed by atoms with E-state index in [1.165, 1.54) is 0 Å². The Labute approximate surface area is 103 Å². The third-order valence-electron chi connectivity index (χ3n) is 1.69. The van der Waals surface area contributed by atoms with Gasteiger partial charge in [-0.25, -0.2) is 0 Å². The molecule has 0 radical (unpaired) electrons.